The SMILES string of the molecule is Cc1cc(C)c(NC(=O)Cn2ccn3c(=O)cc(C)nc23)c(C)c1. The number of carbonyl (C=O) groups excluding carboxylic acids is 1. The first-order valence-electron chi connectivity index (χ1n) is 7.78. The zero-order chi connectivity index (χ0) is 17.4. The first kappa shape index (κ1) is 16.0. The molecule has 1 aromatic carbocycles. The molecule has 6 heteroatoms. The number of aromatic nitrogens is 3. The van der Waals surface area contributed by atoms with E-state index in [2.05, 4.69) is 10.3 Å². The molecule has 2 aromatic heterocycles. The number of fused-ring (bicyclic) bond motifs is 1. The predicted octanol–water partition coefficient (Wildman–Crippen LogP) is 2.37. The average Bonchev–Trinajstić information content (AvgIpc) is 2.86. The zero-order valence-electron chi connectivity index (χ0n) is 14.3. The van der Waals surface area contributed by atoms with Gasteiger partial charge in [0.25, 0.3) is 5.56 Å². The summed E-state index contributed by atoms with van der Waals surface area (Å²) in [6.45, 7) is 7.84. The van der Waals surface area contributed by atoms with Gasteiger partial charge in [0.05, 0.1) is 0 Å². The molecule has 0 saturated heterocycles. The molecule has 3 rings (SSSR count). The van der Waals surface area contributed by atoms with Crippen LogP contribution in [0.1, 0.15) is 22.4 Å². The number of aryl methyl sites for hydroxylation is 4. The topological polar surface area (TPSA) is 68.4 Å². The molecule has 0 radical (unpaired) electrons. The molecule has 0 bridgehead atoms. The lowest BCUT2D eigenvalue weighted by Crippen LogP contribution is -2.21. The highest BCUT2D eigenvalue weighted by molar-refractivity contribution is 5.92. The van der Waals surface area contributed by atoms with E-state index in [9.17, 15) is 9.59 Å². The van der Waals surface area contributed by atoms with Crippen LogP contribution < -0.4 is 10.9 Å². The Balaban J connectivity index is 1.87. The third-order valence-corrected chi connectivity index (χ3v) is 3.97. The van der Waals surface area contributed by atoms with Crippen LogP contribution in [0.2, 0.25) is 0 Å². The Labute approximate surface area is 139 Å². The summed E-state index contributed by atoms with van der Waals surface area (Å²) in [5.74, 6) is 0.311. The molecule has 2 heterocycles. The maximum Gasteiger partial charge on any atom is 0.259 e. The molecule has 0 spiro atoms. The van der Waals surface area contributed by atoms with E-state index in [4.69, 9.17) is 0 Å². The number of benzene rings is 1. The normalized spacial score (nSPS) is 11.0. The Hall–Kier alpha value is -2.89. The van der Waals surface area contributed by atoms with E-state index in [0.717, 1.165) is 16.8 Å². The summed E-state index contributed by atoms with van der Waals surface area (Å²) >= 11 is 0. The van der Waals surface area contributed by atoms with Crippen molar-refractivity contribution in [3.05, 3.63) is 63.3 Å². The zero-order valence-corrected chi connectivity index (χ0v) is 14.3. The van der Waals surface area contributed by atoms with Crippen molar-refractivity contribution in [3.63, 3.8) is 0 Å². The van der Waals surface area contributed by atoms with Crippen LogP contribution in [-0.4, -0.2) is 19.9 Å². The highest BCUT2D eigenvalue weighted by Gasteiger charge is 2.12. The molecule has 24 heavy (non-hydrogen) atoms. The molecule has 0 aliphatic rings. The second-order valence-corrected chi connectivity index (χ2v) is 6.15. The Morgan fingerprint density at radius 1 is 1.08 bits per heavy atom. The van der Waals surface area contributed by atoms with Crippen molar-refractivity contribution in [1.82, 2.24) is 14.0 Å². The molecule has 0 aliphatic carbocycles. The van der Waals surface area contributed by atoms with Gasteiger partial charge in [-0.2, -0.15) is 0 Å². The van der Waals surface area contributed by atoms with Crippen molar-refractivity contribution in [2.45, 2.75) is 34.2 Å². The van der Waals surface area contributed by atoms with Crippen LogP contribution in [0.25, 0.3) is 5.78 Å². The second kappa shape index (κ2) is 5.96. The largest absolute Gasteiger partial charge is 0.324 e. The molecule has 1 amide bonds. The van der Waals surface area contributed by atoms with Gasteiger partial charge < -0.3 is 9.88 Å². The van der Waals surface area contributed by atoms with E-state index in [1.54, 1.807) is 23.9 Å². The fourth-order valence-corrected chi connectivity index (χ4v) is 2.98. The number of hydrogen-bond donors (Lipinski definition) is 1. The second-order valence-electron chi connectivity index (χ2n) is 6.15. The molecule has 0 aliphatic heterocycles. The van der Waals surface area contributed by atoms with Crippen LogP contribution in [0, 0.1) is 27.7 Å². The molecular weight excluding hydrogens is 304 g/mol. The Morgan fingerprint density at radius 3 is 2.42 bits per heavy atom. The number of carbonyl (C=O) groups is 1. The van der Waals surface area contributed by atoms with E-state index >= 15 is 0 Å². The predicted molar refractivity (Wildman–Crippen MR) is 93.5 cm³/mol. The Morgan fingerprint density at radius 2 is 1.75 bits per heavy atom. The highest BCUT2D eigenvalue weighted by Crippen LogP contribution is 2.21. The molecule has 1 N–H and O–H groups in total. The van der Waals surface area contributed by atoms with E-state index in [0.29, 0.717) is 11.5 Å². The summed E-state index contributed by atoms with van der Waals surface area (Å²) in [5.41, 5.74) is 4.54. The highest BCUT2D eigenvalue weighted by atomic mass is 16.2. The van der Waals surface area contributed by atoms with Gasteiger partial charge in [0.2, 0.25) is 11.7 Å². The van der Waals surface area contributed by atoms with Crippen LogP contribution in [0.5, 0.6) is 0 Å². The van der Waals surface area contributed by atoms with Crippen LogP contribution >= 0.6 is 0 Å². The lowest BCUT2D eigenvalue weighted by atomic mass is 10.1. The first-order chi connectivity index (χ1) is 11.3. The van der Waals surface area contributed by atoms with Crippen molar-refractivity contribution in [2.24, 2.45) is 0 Å². The Bertz CT molecular complexity index is 975. The first-order valence-corrected chi connectivity index (χ1v) is 7.78. The van der Waals surface area contributed by atoms with Crippen LogP contribution in [0.4, 0.5) is 5.69 Å². The minimum atomic E-state index is -0.154. The van der Waals surface area contributed by atoms with E-state index < -0.39 is 0 Å². The fraction of sp³-hybridized carbons (Fsp3) is 0.278. The summed E-state index contributed by atoms with van der Waals surface area (Å²) in [7, 11) is 0. The molecule has 124 valence electrons. The summed E-state index contributed by atoms with van der Waals surface area (Å²) in [6, 6.07) is 5.55. The third kappa shape index (κ3) is 2.95. The molecule has 0 atom stereocenters. The van der Waals surface area contributed by atoms with Gasteiger partial charge in [0.1, 0.15) is 6.54 Å². The van der Waals surface area contributed by atoms with Gasteiger partial charge in [-0.05, 0) is 38.8 Å². The quantitative estimate of drug-likeness (QED) is 0.804. The van der Waals surface area contributed by atoms with Crippen LogP contribution in [-0.2, 0) is 11.3 Å². The molecular formula is C18H20N4O2. The molecule has 0 unspecified atom stereocenters. The summed E-state index contributed by atoms with van der Waals surface area (Å²) in [6.07, 6.45) is 3.32. The van der Waals surface area contributed by atoms with Gasteiger partial charge in [-0.25, -0.2) is 4.98 Å². The summed E-state index contributed by atoms with van der Waals surface area (Å²) in [4.78, 5) is 28.7. The summed E-state index contributed by atoms with van der Waals surface area (Å²) < 4.78 is 3.10. The molecule has 6 nitrogen and oxygen atoms in total. The number of nitrogens with zero attached hydrogens (tertiary/aromatic N) is 3. The number of imidazole rings is 1. The summed E-state index contributed by atoms with van der Waals surface area (Å²) in [5, 5.41) is 2.96. The third-order valence-electron chi connectivity index (χ3n) is 3.97. The van der Waals surface area contributed by atoms with Gasteiger partial charge in [-0.15, -0.1) is 0 Å². The number of hydrogen-bond acceptors (Lipinski definition) is 3. The van der Waals surface area contributed by atoms with Crippen molar-refractivity contribution in [1.29, 1.82) is 0 Å². The number of anilines is 1. The van der Waals surface area contributed by atoms with E-state index in [-0.39, 0.29) is 18.0 Å². The van der Waals surface area contributed by atoms with Crippen LogP contribution in [0.15, 0.2) is 35.4 Å². The smallest absolute Gasteiger partial charge is 0.259 e. The monoisotopic (exact) mass is 324 g/mol. The van der Waals surface area contributed by atoms with Gasteiger partial charge >= 0.3 is 0 Å². The van der Waals surface area contributed by atoms with Crippen molar-refractivity contribution < 1.29 is 4.79 Å². The standard InChI is InChI=1S/C18H20N4O2/c1-11-7-12(2)17(13(3)8-11)20-15(23)10-21-5-6-22-16(24)9-14(4)19-18(21)22/h5-9H,10H2,1-4H3,(H,20,23). The minimum Gasteiger partial charge on any atom is -0.324 e. The number of rotatable bonds is 3. The average molecular weight is 324 g/mol. The molecule has 0 saturated carbocycles. The van der Waals surface area contributed by atoms with Crippen LogP contribution in [0.3, 0.4) is 0 Å². The Kier molecular flexibility index (Phi) is 3.97. The van der Waals surface area contributed by atoms with E-state index in [1.165, 1.54) is 16.0 Å². The maximum absolute atomic E-state index is 12.4. The number of nitrogens with one attached hydrogen (secondary N) is 1. The van der Waals surface area contributed by atoms with E-state index in [1.807, 2.05) is 32.9 Å². The molecule has 0 fully saturated rings. The lowest BCUT2D eigenvalue weighted by molar-refractivity contribution is -0.116. The minimum absolute atomic E-state index is 0.0964. The van der Waals surface area contributed by atoms with Crippen molar-refractivity contribution in [2.75, 3.05) is 5.32 Å². The van der Waals surface area contributed by atoms with Crippen molar-refractivity contribution in [3.8, 4) is 0 Å². The van der Waals surface area contributed by atoms with Gasteiger partial charge in [-0.1, -0.05) is 17.7 Å². The lowest BCUT2D eigenvalue weighted by Gasteiger charge is -2.13. The maximum atomic E-state index is 12.4. The van der Waals surface area contributed by atoms with Gasteiger partial charge in [-0.3, -0.25) is 14.0 Å². The fourth-order valence-electron chi connectivity index (χ4n) is 2.98. The number of amides is 1. The molecule has 3 aromatic rings. The van der Waals surface area contributed by atoms with Gasteiger partial charge in [0.15, 0.2) is 0 Å². The van der Waals surface area contributed by atoms with Gasteiger partial charge in [0, 0.05) is 29.8 Å². The van der Waals surface area contributed by atoms with Crippen molar-refractivity contribution >= 4 is 17.4 Å².